The van der Waals surface area contributed by atoms with Crippen LogP contribution in [0.25, 0.3) is 0 Å². The van der Waals surface area contributed by atoms with Gasteiger partial charge in [-0.15, -0.1) is 0 Å². The quantitative estimate of drug-likeness (QED) is 0.655. The fraction of sp³-hybridized carbons (Fsp3) is 0.500. The van der Waals surface area contributed by atoms with Gasteiger partial charge in [0, 0.05) is 12.4 Å². The highest BCUT2D eigenvalue weighted by Crippen LogP contribution is 1.98. The number of nitriles is 1. The summed E-state index contributed by atoms with van der Waals surface area (Å²) in [5.74, 6) is 0.774. The molecule has 14 heavy (non-hydrogen) atoms. The van der Waals surface area contributed by atoms with Gasteiger partial charge in [-0.2, -0.15) is 5.26 Å². The Hall–Kier alpha value is -1.47. The average Bonchev–Trinajstić information content (AvgIpc) is 2.20. The molecule has 0 unspecified atom stereocenters. The minimum absolute atomic E-state index is 0.437. The lowest BCUT2D eigenvalue weighted by molar-refractivity contribution is 0.291. The van der Waals surface area contributed by atoms with E-state index in [9.17, 15) is 0 Å². The zero-order valence-electron chi connectivity index (χ0n) is 8.35. The molecule has 74 valence electrons. The van der Waals surface area contributed by atoms with Crippen LogP contribution in [0.15, 0.2) is 18.5 Å². The van der Waals surface area contributed by atoms with Gasteiger partial charge in [0.05, 0.1) is 19.2 Å². The van der Waals surface area contributed by atoms with Gasteiger partial charge in [-0.3, -0.25) is 4.90 Å². The Morgan fingerprint density at radius 1 is 1.43 bits per heavy atom. The zero-order valence-corrected chi connectivity index (χ0v) is 8.35. The predicted molar refractivity (Wildman–Crippen MR) is 53.2 cm³/mol. The molecule has 0 N–H and O–H groups in total. The van der Waals surface area contributed by atoms with Gasteiger partial charge in [0.25, 0.3) is 0 Å². The molecule has 0 aromatic carbocycles. The normalized spacial score (nSPS) is 10.1. The smallest absolute Gasteiger partial charge is 0.142 e. The first-order valence-corrected chi connectivity index (χ1v) is 4.72. The van der Waals surface area contributed by atoms with E-state index in [0.29, 0.717) is 13.1 Å². The van der Waals surface area contributed by atoms with Crippen LogP contribution in [0.2, 0.25) is 0 Å². The third kappa shape index (κ3) is 3.50. The summed E-state index contributed by atoms with van der Waals surface area (Å²) in [6.45, 7) is 4.09. The molecule has 0 aliphatic carbocycles. The van der Waals surface area contributed by atoms with Crippen molar-refractivity contribution in [2.75, 3.05) is 13.1 Å². The van der Waals surface area contributed by atoms with Gasteiger partial charge in [0.15, 0.2) is 0 Å². The van der Waals surface area contributed by atoms with Crippen LogP contribution in [0.4, 0.5) is 0 Å². The summed E-state index contributed by atoms with van der Waals surface area (Å²) in [5, 5.41) is 8.61. The van der Waals surface area contributed by atoms with Crippen molar-refractivity contribution in [3.8, 4) is 6.07 Å². The molecule has 0 radical (unpaired) electrons. The van der Waals surface area contributed by atoms with E-state index < -0.39 is 0 Å². The van der Waals surface area contributed by atoms with E-state index in [1.165, 1.54) is 0 Å². The first-order chi connectivity index (χ1) is 6.86. The van der Waals surface area contributed by atoms with Gasteiger partial charge in [0.2, 0.25) is 0 Å². The molecule has 0 aliphatic rings. The number of hydrogen-bond donors (Lipinski definition) is 0. The van der Waals surface area contributed by atoms with Crippen molar-refractivity contribution < 1.29 is 0 Å². The topological polar surface area (TPSA) is 52.8 Å². The van der Waals surface area contributed by atoms with Crippen molar-refractivity contribution in [1.82, 2.24) is 14.9 Å². The third-order valence-electron chi connectivity index (χ3n) is 1.82. The molecule has 0 bridgehead atoms. The molecule has 0 aliphatic heterocycles. The van der Waals surface area contributed by atoms with Gasteiger partial charge in [-0.1, -0.05) is 6.92 Å². The highest BCUT2D eigenvalue weighted by Gasteiger charge is 2.05. The fourth-order valence-corrected chi connectivity index (χ4v) is 1.24. The molecule has 0 atom stereocenters. The Morgan fingerprint density at radius 2 is 2.14 bits per heavy atom. The number of hydrogen-bond acceptors (Lipinski definition) is 4. The van der Waals surface area contributed by atoms with Gasteiger partial charge >= 0.3 is 0 Å². The van der Waals surface area contributed by atoms with E-state index in [2.05, 4.69) is 23.0 Å². The Labute approximate surface area is 84.2 Å². The molecule has 0 saturated heterocycles. The Bertz CT molecular complexity index is 291. The number of rotatable bonds is 5. The zero-order chi connectivity index (χ0) is 10.2. The molecule has 0 saturated carbocycles. The molecule has 4 heteroatoms. The average molecular weight is 190 g/mol. The van der Waals surface area contributed by atoms with E-state index >= 15 is 0 Å². The summed E-state index contributed by atoms with van der Waals surface area (Å²) in [4.78, 5) is 10.3. The fourth-order valence-electron chi connectivity index (χ4n) is 1.24. The second-order valence-corrected chi connectivity index (χ2v) is 3.03. The molecular weight excluding hydrogens is 176 g/mol. The van der Waals surface area contributed by atoms with Crippen molar-refractivity contribution in [3.63, 3.8) is 0 Å². The Morgan fingerprint density at radius 3 is 2.71 bits per heavy atom. The second kappa shape index (κ2) is 6.06. The van der Waals surface area contributed by atoms with Crippen LogP contribution in [0.3, 0.4) is 0 Å². The van der Waals surface area contributed by atoms with Crippen molar-refractivity contribution in [1.29, 1.82) is 5.26 Å². The summed E-state index contributed by atoms with van der Waals surface area (Å²) in [6.07, 6.45) is 4.48. The minimum atomic E-state index is 0.437. The van der Waals surface area contributed by atoms with Gasteiger partial charge in [-0.25, -0.2) is 9.97 Å². The maximum atomic E-state index is 8.61. The Kier molecular flexibility index (Phi) is 4.59. The van der Waals surface area contributed by atoms with Crippen LogP contribution in [0.1, 0.15) is 19.2 Å². The van der Waals surface area contributed by atoms with E-state index in [0.717, 1.165) is 18.8 Å². The van der Waals surface area contributed by atoms with Crippen LogP contribution in [-0.2, 0) is 6.54 Å². The molecule has 0 spiro atoms. The van der Waals surface area contributed by atoms with Gasteiger partial charge in [-0.05, 0) is 19.0 Å². The van der Waals surface area contributed by atoms with Crippen LogP contribution >= 0.6 is 0 Å². The number of nitrogens with zero attached hydrogens (tertiary/aromatic N) is 4. The lowest BCUT2D eigenvalue weighted by Crippen LogP contribution is -2.25. The van der Waals surface area contributed by atoms with Crippen LogP contribution in [-0.4, -0.2) is 28.0 Å². The Balaban J connectivity index is 2.52. The highest BCUT2D eigenvalue weighted by atomic mass is 15.1. The summed E-state index contributed by atoms with van der Waals surface area (Å²) in [5.41, 5.74) is 0. The van der Waals surface area contributed by atoms with Crippen LogP contribution in [0.5, 0.6) is 0 Å². The maximum Gasteiger partial charge on any atom is 0.142 e. The first kappa shape index (κ1) is 10.6. The van der Waals surface area contributed by atoms with E-state index in [1.54, 1.807) is 18.5 Å². The maximum absolute atomic E-state index is 8.61. The first-order valence-electron chi connectivity index (χ1n) is 4.72. The largest absolute Gasteiger partial charge is 0.283 e. The second-order valence-electron chi connectivity index (χ2n) is 3.03. The van der Waals surface area contributed by atoms with E-state index in [4.69, 9.17) is 5.26 Å². The highest BCUT2D eigenvalue weighted by molar-refractivity contribution is 4.89. The van der Waals surface area contributed by atoms with Crippen molar-refractivity contribution in [2.45, 2.75) is 19.9 Å². The molecule has 1 aromatic rings. The third-order valence-corrected chi connectivity index (χ3v) is 1.82. The number of aromatic nitrogens is 2. The van der Waals surface area contributed by atoms with Crippen LogP contribution < -0.4 is 0 Å². The monoisotopic (exact) mass is 190 g/mol. The van der Waals surface area contributed by atoms with Crippen LogP contribution in [0, 0.1) is 11.3 Å². The SMILES string of the molecule is CCCN(CC#N)Cc1ncccn1. The van der Waals surface area contributed by atoms with Gasteiger partial charge < -0.3 is 0 Å². The van der Waals surface area contributed by atoms with Crippen molar-refractivity contribution in [2.24, 2.45) is 0 Å². The van der Waals surface area contributed by atoms with E-state index in [-0.39, 0.29) is 0 Å². The molecule has 0 amide bonds. The lowest BCUT2D eigenvalue weighted by atomic mass is 10.4. The minimum Gasteiger partial charge on any atom is -0.283 e. The van der Waals surface area contributed by atoms with Gasteiger partial charge in [0.1, 0.15) is 5.82 Å². The standard InChI is InChI=1S/C10H14N4/c1-2-7-14(8-4-11)9-10-12-5-3-6-13-10/h3,5-6H,2,7-9H2,1H3. The molecule has 1 aromatic heterocycles. The lowest BCUT2D eigenvalue weighted by Gasteiger charge is -2.16. The van der Waals surface area contributed by atoms with Crippen molar-refractivity contribution in [3.05, 3.63) is 24.3 Å². The molecule has 0 fully saturated rings. The molecular formula is C10H14N4. The summed E-state index contributed by atoms with van der Waals surface area (Å²) in [7, 11) is 0. The molecule has 1 heterocycles. The van der Waals surface area contributed by atoms with E-state index in [1.807, 2.05) is 4.90 Å². The summed E-state index contributed by atoms with van der Waals surface area (Å²) in [6, 6.07) is 3.93. The summed E-state index contributed by atoms with van der Waals surface area (Å²) >= 11 is 0. The summed E-state index contributed by atoms with van der Waals surface area (Å²) < 4.78 is 0. The predicted octanol–water partition coefficient (Wildman–Crippen LogP) is 1.21. The molecule has 4 nitrogen and oxygen atoms in total. The van der Waals surface area contributed by atoms with Crippen molar-refractivity contribution >= 4 is 0 Å². The molecule has 1 rings (SSSR count).